The number of nitro groups is 1. The molecule has 0 bridgehead atoms. The minimum atomic E-state index is -0.689. The lowest BCUT2D eigenvalue weighted by molar-refractivity contribution is -0.384. The van der Waals surface area contributed by atoms with Gasteiger partial charge in [0.05, 0.1) is 10.5 Å². The number of halogens is 3. The van der Waals surface area contributed by atoms with Gasteiger partial charge in [-0.2, -0.15) is 0 Å². The highest BCUT2D eigenvalue weighted by atomic mass is 79.9. The summed E-state index contributed by atoms with van der Waals surface area (Å²) in [4.78, 5) is 22.4. The molecule has 0 spiro atoms. The number of nitrogens with one attached hydrogen (secondary N) is 1. The van der Waals surface area contributed by atoms with E-state index in [4.69, 9.17) is 0 Å². The number of anilines is 1. The molecule has 0 saturated carbocycles. The molecule has 5 nitrogen and oxygen atoms in total. The van der Waals surface area contributed by atoms with Crippen LogP contribution in [0.5, 0.6) is 0 Å². The number of hydrogen-bond acceptors (Lipinski definition) is 3. The Morgan fingerprint density at radius 1 is 1.19 bits per heavy atom. The largest absolute Gasteiger partial charge is 0.316 e. The molecule has 21 heavy (non-hydrogen) atoms. The van der Waals surface area contributed by atoms with Crippen LogP contribution in [0, 0.1) is 15.9 Å². The van der Waals surface area contributed by atoms with Crippen molar-refractivity contribution >= 4 is 49.1 Å². The van der Waals surface area contributed by atoms with Crippen LogP contribution in [-0.2, 0) is 0 Å². The predicted molar refractivity (Wildman–Crippen MR) is 82.8 cm³/mol. The highest BCUT2D eigenvalue weighted by Crippen LogP contribution is 2.27. The molecule has 0 fully saturated rings. The maximum absolute atomic E-state index is 13.2. The number of amides is 1. The molecule has 0 radical (unpaired) electrons. The first-order valence-electron chi connectivity index (χ1n) is 5.59. The molecule has 0 heterocycles. The quantitative estimate of drug-likeness (QED) is 0.589. The van der Waals surface area contributed by atoms with Crippen LogP contribution in [0.4, 0.5) is 15.8 Å². The van der Waals surface area contributed by atoms with Crippen molar-refractivity contribution in [1.29, 1.82) is 0 Å². The molecule has 0 atom stereocenters. The Labute approximate surface area is 135 Å². The van der Waals surface area contributed by atoms with Crippen molar-refractivity contribution < 1.29 is 14.1 Å². The van der Waals surface area contributed by atoms with Gasteiger partial charge in [-0.3, -0.25) is 14.9 Å². The summed E-state index contributed by atoms with van der Waals surface area (Å²) in [7, 11) is 0. The minimum absolute atomic E-state index is 0.197. The number of carbonyl (C=O) groups is 1. The summed E-state index contributed by atoms with van der Waals surface area (Å²) in [5, 5.41) is 13.2. The van der Waals surface area contributed by atoms with Crippen molar-refractivity contribution in [1.82, 2.24) is 0 Å². The van der Waals surface area contributed by atoms with Gasteiger partial charge in [0.2, 0.25) is 0 Å². The topological polar surface area (TPSA) is 72.2 Å². The van der Waals surface area contributed by atoms with Crippen LogP contribution < -0.4 is 5.32 Å². The predicted octanol–water partition coefficient (Wildman–Crippen LogP) is 4.51. The molecule has 108 valence electrons. The van der Waals surface area contributed by atoms with Crippen LogP contribution in [0.3, 0.4) is 0 Å². The maximum atomic E-state index is 13.2. The van der Waals surface area contributed by atoms with Crippen molar-refractivity contribution in [2.45, 2.75) is 0 Å². The Kier molecular flexibility index (Phi) is 4.69. The molecule has 1 amide bonds. The third kappa shape index (κ3) is 3.64. The molecule has 0 aromatic heterocycles. The van der Waals surface area contributed by atoms with Gasteiger partial charge in [0.25, 0.3) is 11.6 Å². The second-order valence-electron chi connectivity index (χ2n) is 4.00. The Hall–Kier alpha value is -1.80. The lowest BCUT2D eigenvalue weighted by atomic mass is 10.2. The first kappa shape index (κ1) is 15.6. The van der Waals surface area contributed by atoms with Crippen LogP contribution in [0.2, 0.25) is 0 Å². The van der Waals surface area contributed by atoms with Crippen LogP contribution in [-0.4, -0.2) is 10.8 Å². The average molecular weight is 418 g/mol. The first-order valence-corrected chi connectivity index (χ1v) is 7.17. The number of hydrogen-bond donors (Lipinski definition) is 1. The summed E-state index contributed by atoms with van der Waals surface area (Å²) in [6.07, 6.45) is 0. The highest BCUT2D eigenvalue weighted by molar-refractivity contribution is 9.11. The molecule has 0 aliphatic heterocycles. The SMILES string of the molecule is O=C(Nc1cc(F)ccc1[N+](=O)[O-])c1cc(Br)ccc1Br. The molecule has 0 unspecified atom stereocenters. The van der Waals surface area contributed by atoms with E-state index in [0.29, 0.717) is 8.95 Å². The number of carbonyl (C=O) groups excluding carboxylic acids is 1. The number of nitrogens with zero attached hydrogens (tertiary/aromatic N) is 1. The minimum Gasteiger partial charge on any atom is -0.316 e. The monoisotopic (exact) mass is 416 g/mol. The van der Waals surface area contributed by atoms with E-state index >= 15 is 0 Å². The number of rotatable bonds is 3. The Balaban J connectivity index is 2.38. The van der Waals surface area contributed by atoms with Gasteiger partial charge in [0.1, 0.15) is 11.5 Å². The molecule has 8 heteroatoms. The van der Waals surface area contributed by atoms with E-state index in [2.05, 4.69) is 37.2 Å². The summed E-state index contributed by atoms with van der Waals surface area (Å²) < 4.78 is 14.4. The van der Waals surface area contributed by atoms with Gasteiger partial charge in [-0.15, -0.1) is 0 Å². The van der Waals surface area contributed by atoms with E-state index in [9.17, 15) is 19.3 Å². The lowest BCUT2D eigenvalue weighted by Crippen LogP contribution is -2.14. The van der Waals surface area contributed by atoms with Crippen LogP contribution in [0.15, 0.2) is 45.3 Å². The fourth-order valence-electron chi connectivity index (χ4n) is 1.63. The van der Waals surface area contributed by atoms with Gasteiger partial charge < -0.3 is 5.32 Å². The summed E-state index contributed by atoms with van der Waals surface area (Å²) in [5.74, 6) is -1.26. The summed E-state index contributed by atoms with van der Waals surface area (Å²) >= 11 is 6.45. The second-order valence-corrected chi connectivity index (χ2v) is 5.77. The van der Waals surface area contributed by atoms with E-state index in [0.717, 1.165) is 18.2 Å². The summed E-state index contributed by atoms with van der Waals surface area (Å²) in [6, 6.07) is 7.79. The highest BCUT2D eigenvalue weighted by Gasteiger charge is 2.18. The standard InChI is InChI=1S/C13H7Br2FN2O3/c14-7-1-3-10(15)9(5-7)13(19)17-11-6-8(16)2-4-12(11)18(20)21/h1-6H,(H,17,19). The molecule has 0 saturated heterocycles. The van der Waals surface area contributed by atoms with E-state index in [-0.39, 0.29) is 16.9 Å². The van der Waals surface area contributed by atoms with Gasteiger partial charge in [0, 0.05) is 21.1 Å². The van der Waals surface area contributed by atoms with E-state index in [1.165, 1.54) is 0 Å². The molecule has 2 aromatic rings. The molecule has 2 rings (SSSR count). The van der Waals surface area contributed by atoms with Crippen LogP contribution in [0.1, 0.15) is 10.4 Å². The van der Waals surface area contributed by atoms with Crippen molar-refractivity contribution in [2.75, 3.05) is 5.32 Å². The van der Waals surface area contributed by atoms with Gasteiger partial charge in [-0.1, -0.05) is 15.9 Å². The van der Waals surface area contributed by atoms with E-state index < -0.39 is 16.6 Å². The first-order chi connectivity index (χ1) is 9.88. The molecule has 0 aliphatic rings. The Bertz CT molecular complexity index is 737. The summed E-state index contributed by atoms with van der Waals surface area (Å²) in [6.45, 7) is 0. The normalized spacial score (nSPS) is 10.2. The molecule has 2 aromatic carbocycles. The van der Waals surface area contributed by atoms with Gasteiger partial charge >= 0.3 is 0 Å². The van der Waals surface area contributed by atoms with Crippen molar-refractivity contribution in [3.63, 3.8) is 0 Å². The maximum Gasteiger partial charge on any atom is 0.292 e. The van der Waals surface area contributed by atoms with Crippen molar-refractivity contribution in [2.24, 2.45) is 0 Å². The summed E-state index contributed by atoms with van der Waals surface area (Å²) in [5.41, 5.74) is -0.310. The van der Waals surface area contributed by atoms with E-state index in [1.54, 1.807) is 18.2 Å². The zero-order valence-corrected chi connectivity index (χ0v) is 13.4. The van der Waals surface area contributed by atoms with E-state index in [1.807, 2.05) is 0 Å². The zero-order chi connectivity index (χ0) is 15.6. The Morgan fingerprint density at radius 2 is 1.90 bits per heavy atom. The fourth-order valence-corrected chi connectivity index (χ4v) is 2.42. The number of benzene rings is 2. The second kappa shape index (κ2) is 6.31. The van der Waals surface area contributed by atoms with Gasteiger partial charge in [0.15, 0.2) is 0 Å². The fraction of sp³-hybridized carbons (Fsp3) is 0. The third-order valence-electron chi connectivity index (χ3n) is 2.58. The zero-order valence-electron chi connectivity index (χ0n) is 10.3. The van der Waals surface area contributed by atoms with Crippen molar-refractivity contribution in [3.8, 4) is 0 Å². The van der Waals surface area contributed by atoms with Crippen LogP contribution >= 0.6 is 31.9 Å². The van der Waals surface area contributed by atoms with Gasteiger partial charge in [-0.25, -0.2) is 4.39 Å². The Morgan fingerprint density at radius 3 is 2.57 bits per heavy atom. The van der Waals surface area contributed by atoms with Crippen LogP contribution in [0.25, 0.3) is 0 Å². The molecular weight excluding hydrogens is 411 g/mol. The van der Waals surface area contributed by atoms with Gasteiger partial charge in [-0.05, 0) is 40.2 Å². The smallest absolute Gasteiger partial charge is 0.292 e. The molecular formula is C13H7Br2FN2O3. The lowest BCUT2D eigenvalue weighted by Gasteiger charge is -2.08. The molecule has 1 N–H and O–H groups in total. The molecule has 0 aliphatic carbocycles. The number of nitro benzene ring substituents is 1. The third-order valence-corrected chi connectivity index (χ3v) is 3.76. The average Bonchev–Trinajstić information content (AvgIpc) is 2.41. The van der Waals surface area contributed by atoms with Crippen molar-refractivity contribution in [3.05, 3.63) is 66.8 Å².